The molecule has 1 aliphatic carbocycles. The molecular weight excluding hydrogens is 344 g/mol. The number of nitriles is 1. The molecule has 1 amide bonds. The van der Waals surface area contributed by atoms with E-state index in [1.807, 2.05) is 19.1 Å². The van der Waals surface area contributed by atoms with E-state index in [9.17, 15) is 10.1 Å². The molecule has 0 saturated heterocycles. The highest BCUT2D eigenvalue weighted by atomic mass is 32.2. The second-order valence-electron chi connectivity index (χ2n) is 6.37. The van der Waals surface area contributed by atoms with Gasteiger partial charge in [-0.15, -0.1) is 0 Å². The van der Waals surface area contributed by atoms with Crippen LogP contribution in [0.15, 0.2) is 35.6 Å². The lowest BCUT2D eigenvalue weighted by molar-refractivity contribution is -0.115. The van der Waals surface area contributed by atoms with Gasteiger partial charge in [-0.1, -0.05) is 25.1 Å². The maximum absolute atomic E-state index is 12.6. The first-order valence-electron chi connectivity index (χ1n) is 9.01. The zero-order chi connectivity index (χ0) is 18.4. The molecule has 0 saturated carbocycles. The predicted octanol–water partition coefficient (Wildman–Crippen LogP) is 4.13. The highest BCUT2D eigenvalue weighted by molar-refractivity contribution is 8.00. The van der Waals surface area contributed by atoms with Gasteiger partial charge in [-0.3, -0.25) is 9.78 Å². The molecule has 0 bridgehead atoms. The minimum Gasteiger partial charge on any atom is -0.324 e. The van der Waals surface area contributed by atoms with Gasteiger partial charge in [0.15, 0.2) is 0 Å². The number of aromatic nitrogens is 2. The normalized spacial score (nSPS) is 14.6. The number of anilines is 1. The summed E-state index contributed by atoms with van der Waals surface area (Å²) in [5.74, 6) is -0.0915. The Balaban J connectivity index is 1.80. The van der Waals surface area contributed by atoms with Crippen LogP contribution in [0.25, 0.3) is 0 Å². The number of thioether (sulfide) groups is 1. The van der Waals surface area contributed by atoms with Gasteiger partial charge in [-0.05, 0) is 55.9 Å². The second kappa shape index (κ2) is 8.81. The van der Waals surface area contributed by atoms with Gasteiger partial charge < -0.3 is 5.32 Å². The van der Waals surface area contributed by atoms with Crippen molar-refractivity contribution in [2.75, 3.05) is 5.32 Å². The molecule has 1 aliphatic rings. The van der Waals surface area contributed by atoms with Gasteiger partial charge in [-0.25, -0.2) is 4.98 Å². The van der Waals surface area contributed by atoms with Crippen LogP contribution in [0.1, 0.15) is 49.4 Å². The topological polar surface area (TPSA) is 78.7 Å². The smallest absolute Gasteiger partial charge is 0.237 e. The monoisotopic (exact) mass is 366 g/mol. The molecule has 134 valence electrons. The molecular formula is C20H22N4OS. The average molecular weight is 366 g/mol. The van der Waals surface area contributed by atoms with Crippen molar-refractivity contribution in [2.45, 2.75) is 55.7 Å². The summed E-state index contributed by atoms with van der Waals surface area (Å²) in [6.07, 6.45) is 9.36. The molecule has 0 aromatic carbocycles. The fraction of sp³-hybridized carbons (Fsp3) is 0.400. The Bertz CT molecular complexity index is 817. The summed E-state index contributed by atoms with van der Waals surface area (Å²) in [4.78, 5) is 21.4. The lowest BCUT2D eigenvalue weighted by Gasteiger charge is -2.16. The Morgan fingerprint density at radius 3 is 2.96 bits per heavy atom. The first kappa shape index (κ1) is 18.4. The zero-order valence-corrected chi connectivity index (χ0v) is 15.7. The van der Waals surface area contributed by atoms with E-state index in [0.717, 1.165) is 31.4 Å². The van der Waals surface area contributed by atoms with Gasteiger partial charge in [0.05, 0.1) is 22.7 Å². The summed E-state index contributed by atoms with van der Waals surface area (Å²) in [6.45, 7) is 1.97. The number of fused-ring (bicyclic) bond motifs is 1. The van der Waals surface area contributed by atoms with Crippen LogP contribution >= 0.6 is 11.8 Å². The summed E-state index contributed by atoms with van der Waals surface area (Å²) in [7, 11) is 0. The number of amides is 1. The molecule has 1 atom stereocenters. The van der Waals surface area contributed by atoms with Crippen LogP contribution in [0.5, 0.6) is 0 Å². The number of carbonyl (C=O) groups is 1. The molecule has 0 aliphatic heterocycles. The van der Waals surface area contributed by atoms with E-state index < -0.39 is 0 Å². The maximum Gasteiger partial charge on any atom is 0.237 e. The molecule has 1 N–H and O–H groups in total. The van der Waals surface area contributed by atoms with E-state index in [-0.39, 0.29) is 11.2 Å². The Morgan fingerprint density at radius 2 is 2.23 bits per heavy atom. The molecule has 6 heteroatoms. The minimum atomic E-state index is -0.307. The lowest BCUT2D eigenvalue weighted by atomic mass is 10.1. The van der Waals surface area contributed by atoms with E-state index in [0.29, 0.717) is 22.7 Å². The van der Waals surface area contributed by atoms with Gasteiger partial charge >= 0.3 is 0 Å². The number of hydrogen-bond donors (Lipinski definition) is 1. The number of hydrogen-bond acceptors (Lipinski definition) is 5. The number of pyridine rings is 2. The van der Waals surface area contributed by atoms with Crippen molar-refractivity contribution < 1.29 is 4.79 Å². The molecule has 2 aromatic rings. The number of nitrogens with one attached hydrogen (secondary N) is 1. The first-order valence-corrected chi connectivity index (χ1v) is 9.89. The van der Waals surface area contributed by atoms with Crippen molar-refractivity contribution in [1.29, 1.82) is 5.26 Å². The van der Waals surface area contributed by atoms with E-state index >= 15 is 0 Å². The van der Waals surface area contributed by atoms with Crippen molar-refractivity contribution in [2.24, 2.45) is 0 Å². The fourth-order valence-corrected chi connectivity index (χ4v) is 4.07. The number of nitrogens with zero attached hydrogens (tertiary/aromatic N) is 3. The molecule has 1 unspecified atom stereocenters. The quantitative estimate of drug-likeness (QED) is 0.636. The molecule has 5 nitrogen and oxygen atoms in total. The Morgan fingerprint density at radius 1 is 1.38 bits per heavy atom. The van der Waals surface area contributed by atoms with Gasteiger partial charge in [0.1, 0.15) is 11.1 Å². The molecule has 26 heavy (non-hydrogen) atoms. The fourth-order valence-electron chi connectivity index (χ4n) is 3.08. The second-order valence-corrected chi connectivity index (χ2v) is 7.56. The van der Waals surface area contributed by atoms with Crippen LogP contribution in [-0.4, -0.2) is 21.1 Å². The van der Waals surface area contributed by atoms with Gasteiger partial charge in [0, 0.05) is 11.9 Å². The zero-order valence-electron chi connectivity index (χ0n) is 14.9. The largest absolute Gasteiger partial charge is 0.324 e. The summed E-state index contributed by atoms with van der Waals surface area (Å²) in [5, 5.41) is 12.8. The molecule has 2 heterocycles. The highest BCUT2D eigenvalue weighted by Gasteiger charge is 2.22. The van der Waals surface area contributed by atoms with Crippen LogP contribution in [0.2, 0.25) is 0 Å². The summed E-state index contributed by atoms with van der Waals surface area (Å²) >= 11 is 1.38. The van der Waals surface area contributed by atoms with Crippen LogP contribution < -0.4 is 5.32 Å². The van der Waals surface area contributed by atoms with Crippen molar-refractivity contribution in [3.63, 3.8) is 0 Å². The first-order chi connectivity index (χ1) is 12.7. The van der Waals surface area contributed by atoms with E-state index in [2.05, 4.69) is 16.4 Å². The van der Waals surface area contributed by atoms with E-state index in [1.54, 1.807) is 18.5 Å². The third-order valence-electron chi connectivity index (χ3n) is 4.48. The highest BCUT2D eigenvalue weighted by Crippen LogP contribution is 2.31. The molecule has 3 rings (SSSR count). The van der Waals surface area contributed by atoms with Crippen molar-refractivity contribution >= 4 is 23.4 Å². The Kier molecular flexibility index (Phi) is 6.24. The van der Waals surface area contributed by atoms with Crippen LogP contribution in [-0.2, 0) is 17.6 Å². The molecule has 0 radical (unpaired) electrons. The van der Waals surface area contributed by atoms with Crippen LogP contribution in [0.3, 0.4) is 0 Å². The van der Waals surface area contributed by atoms with Crippen molar-refractivity contribution in [3.8, 4) is 6.07 Å². The molecule has 2 aromatic heterocycles. The van der Waals surface area contributed by atoms with Gasteiger partial charge in [0.25, 0.3) is 0 Å². The number of aryl methyl sites for hydroxylation is 2. The predicted molar refractivity (Wildman–Crippen MR) is 103 cm³/mol. The van der Waals surface area contributed by atoms with Crippen LogP contribution in [0, 0.1) is 11.3 Å². The van der Waals surface area contributed by atoms with Crippen LogP contribution in [0.4, 0.5) is 5.69 Å². The third-order valence-corrected chi connectivity index (χ3v) is 5.85. The molecule has 0 spiro atoms. The summed E-state index contributed by atoms with van der Waals surface area (Å²) in [5.41, 5.74) is 3.53. The molecule has 0 fully saturated rings. The number of carbonyl (C=O) groups excluding carboxylic acids is 1. The number of rotatable bonds is 5. The Labute approximate surface area is 158 Å². The SMILES string of the molecule is CCC(Sc1nc2c(cc1C#N)CCCCC2)C(=O)Nc1cccnc1. The average Bonchev–Trinajstić information content (AvgIpc) is 2.90. The van der Waals surface area contributed by atoms with Crippen molar-refractivity contribution in [3.05, 3.63) is 47.4 Å². The summed E-state index contributed by atoms with van der Waals surface area (Å²) < 4.78 is 0. The minimum absolute atomic E-state index is 0.0915. The van der Waals surface area contributed by atoms with Gasteiger partial charge in [-0.2, -0.15) is 5.26 Å². The standard InChI is InChI=1S/C20H22N4OS/c1-2-18(19(25)23-16-8-6-10-22-13-16)26-20-15(12-21)11-14-7-4-3-5-9-17(14)24-20/h6,8,10-11,13,18H,2-5,7,9H2,1H3,(H,23,25). The lowest BCUT2D eigenvalue weighted by Crippen LogP contribution is -2.25. The van der Waals surface area contributed by atoms with Gasteiger partial charge in [0.2, 0.25) is 5.91 Å². The third kappa shape index (κ3) is 4.41. The maximum atomic E-state index is 12.6. The van der Waals surface area contributed by atoms with E-state index in [1.165, 1.54) is 23.7 Å². The summed E-state index contributed by atoms with van der Waals surface area (Å²) in [6, 6.07) is 7.83. The van der Waals surface area contributed by atoms with Crippen molar-refractivity contribution in [1.82, 2.24) is 9.97 Å². The Hall–Kier alpha value is -2.39. The van der Waals surface area contributed by atoms with E-state index in [4.69, 9.17) is 4.98 Å².